The first-order chi connectivity index (χ1) is 7.74. The molecule has 2 heteroatoms. The molecule has 0 aromatic heterocycles. The standard InChI is InChI=1S/C14H8Cl2/c15-11-5-3-9-1-2-10-4-6-12(16)8-14(10)13(9)7-11/h1-8H. The van der Waals surface area contributed by atoms with E-state index in [1.165, 1.54) is 10.8 Å². The fourth-order valence-corrected chi connectivity index (χ4v) is 2.34. The predicted octanol–water partition coefficient (Wildman–Crippen LogP) is 5.30. The summed E-state index contributed by atoms with van der Waals surface area (Å²) in [6, 6.07) is 16.0. The molecule has 0 nitrogen and oxygen atoms in total. The largest absolute Gasteiger partial charge is 0.0843 e. The van der Waals surface area contributed by atoms with Crippen molar-refractivity contribution in [2.75, 3.05) is 0 Å². The molecule has 0 spiro atoms. The van der Waals surface area contributed by atoms with Gasteiger partial charge in [0, 0.05) is 10.0 Å². The molecule has 0 unspecified atom stereocenters. The van der Waals surface area contributed by atoms with Crippen LogP contribution in [0.2, 0.25) is 10.0 Å². The summed E-state index contributed by atoms with van der Waals surface area (Å²) < 4.78 is 0. The van der Waals surface area contributed by atoms with Crippen molar-refractivity contribution in [3.63, 3.8) is 0 Å². The van der Waals surface area contributed by atoms with E-state index in [0.717, 1.165) is 20.8 Å². The van der Waals surface area contributed by atoms with E-state index >= 15 is 0 Å². The van der Waals surface area contributed by atoms with Gasteiger partial charge in [-0.15, -0.1) is 0 Å². The van der Waals surface area contributed by atoms with Gasteiger partial charge in [-0.25, -0.2) is 0 Å². The second-order valence-electron chi connectivity index (χ2n) is 3.80. The highest BCUT2D eigenvalue weighted by atomic mass is 35.5. The summed E-state index contributed by atoms with van der Waals surface area (Å²) in [4.78, 5) is 0. The Morgan fingerprint density at radius 3 is 1.38 bits per heavy atom. The van der Waals surface area contributed by atoms with E-state index in [4.69, 9.17) is 23.2 Å². The number of hydrogen-bond acceptors (Lipinski definition) is 0. The Morgan fingerprint density at radius 2 is 0.938 bits per heavy atom. The zero-order valence-corrected chi connectivity index (χ0v) is 9.89. The Morgan fingerprint density at radius 1 is 0.562 bits per heavy atom. The first-order valence-electron chi connectivity index (χ1n) is 5.01. The SMILES string of the molecule is Clc1ccc2ccc3ccc(Cl)cc3c2c1. The lowest BCUT2D eigenvalue weighted by Crippen LogP contribution is -1.78. The van der Waals surface area contributed by atoms with Gasteiger partial charge in [-0.1, -0.05) is 47.5 Å². The summed E-state index contributed by atoms with van der Waals surface area (Å²) in [5.41, 5.74) is 0. The molecule has 0 fully saturated rings. The van der Waals surface area contributed by atoms with E-state index in [1.807, 2.05) is 36.4 Å². The van der Waals surface area contributed by atoms with Gasteiger partial charge < -0.3 is 0 Å². The van der Waals surface area contributed by atoms with Gasteiger partial charge in [0.2, 0.25) is 0 Å². The van der Waals surface area contributed by atoms with Gasteiger partial charge in [-0.05, 0) is 45.8 Å². The Hall–Kier alpha value is -1.24. The van der Waals surface area contributed by atoms with Crippen LogP contribution in [0.1, 0.15) is 0 Å². The van der Waals surface area contributed by atoms with Crippen LogP contribution in [-0.4, -0.2) is 0 Å². The molecule has 0 aliphatic carbocycles. The lowest BCUT2D eigenvalue weighted by Gasteiger charge is -2.04. The molecule has 0 aliphatic heterocycles. The monoisotopic (exact) mass is 246 g/mol. The molecule has 0 aliphatic rings. The maximum atomic E-state index is 6.03. The van der Waals surface area contributed by atoms with Crippen LogP contribution in [0.15, 0.2) is 48.5 Å². The number of hydrogen-bond donors (Lipinski definition) is 0. The molecular weight excluding hydrogens is 239 g/mol. The quantitative estimate of drug-likeness (QED) is 0.473. The molecule has 16 heavy (non-hydrogen) atoms. The van der Waals surface area contributed by atoms with E-state index in [1.54, 1.807) is 0 Å². The van der Waals surface area contributed by atoms with Crippen molar-refractivity contribution in [1.82, 2.24) is 0 Å². The third-order valence-electron chi connectivity index (χ3n) is 2.76. The Balaban J connectivity index is 2.55. The van der Waals surface area contributed by atoms with Crippen LogP contribution in [0.4, 0.5) is 0 Å². The minimum Gasteiger partial charge on any atom is -0.0843 e. The maximum Gasteiger partial charge on any atom is 0.0412 e. The summed E-state index contributed by atoms with van der Waals surface area (Å²) in [5.74, 6) is 0. The maximum absolute atomic E-state index is 6.03. The lowest BCUT2D eigenvalue weighted by atomic mass is 10.0. The molecule has 0 bridgehead atoms. The highest BCUT2D eigenvalue weighted by molar-refractivity contribution is 6.33. The molecule has 3 aromatic carbocycles. The fraction of sp³-hybridized carbons (Fsp3) is 0. The van der Waals surface area contributed by atoms with Gasteiger partial charge in [-0.3, -0.25) is 0 Å². The molecule has 0 saturated carbocycles. The highest BCUT2D eigenvalue weighted by Gasteiger charge is 2.01. The second-order valence-corrected chi connectivity index (χ2v) is 4.67. The van der Waals surface area contributed by atoms with Crippen molar-refractivity contribution in [3.05, 3.63) is 58.6 Å². The fourth-order valence-electron chi connectivity index (χ4n) is 1.99. The van der Waals surface area contributed by atoms with Gasteiger partial charge in [-0.2, -0.15) is 0 Å². The molecule has 3 rings (SSSR count). The normalized spacial score (nSPS) is 11.1. The minimum absolute atomic E-state index is 0.750. The average molecular weight is 247 g/mol. The van der Waals surface area contributed by atoms with Crippen LogP contribution < -0.4 is 0 Å². The van der Waals surface area contributed by atoms with Crippen molar-refractivity contribution >= 4 is 44.7 Å². The first-order valence-corrected chi connectivity index (χ1v) is 5.77. The molecule has 0 N–H and O–H groups in total. The van der Waals surface area contributed by atoms with Crippen molar-refractivity contribution in [1.29, 1.82) is 0 Å². The molecule has 0 heterocycles. The highest BCUT2D eigenvalue weighted by Crippen LogP contribution is 2.29. The van der Waals surface area contributed by atoms with E-state index in [9.17, 15) is 0 Å². The molecular formula is C14H8Cl2. The predicted molar refractivity (Wildman–Crippen MR) is 71.5 cm³/mol. The summed E-state index contributed by atoms with van der Waals surface area (Å²) >= 11 is 12.1. The average Bonchev–Trinajstić information content (AvgIpc) is 2.29. The van der Waals surface area contributed by atoms with Gasteiger partial charge in [0.1, 0.15) is 0 Å². The zero-order valence-electron chi connectivity index (χ0n) is 8.37. The summed E-state index contributed by atoms with van der Waals surface area (Å²) in [6.45, 7) is 0. The van der Waals surface area contributed by atoms with Crippen molar-refractivity contribution in [2.45, 2.75) is 0 Å². The second kappa shape index (κ2) is 3.65. The first kappa shape index (κ1) is 9.95. The Bertz CT molecular complexity index is 626. The van der Waals surface area contributed by atoms with E-state index in [-0.39, 0.29) is 0 Å². The van der Waals surface area contributed by atoms with Crippen LogP contribution in [0, 0.1) is 0 Å². The van der Waals surface area contributed by atoms with Crippen LogP contribution in [0.25, 0.3) is 21.5 Å². The third kappa shape index (κ3) is 1.55. The van der Waals surface area contributed by atoms with E-state index in [0.29, 0.717) is 0 Å². The Kier molecular flexibility index (Phi) is 2.27. The van der Waals surface area contributed by atoms with Crippen LogP contribution in [0.5, 0.6) is 0 Å². The number of rotatable bonds is 0. The summed E-state index contributed by atoms with van der Waals surface area (Å²) in [6.07, 6.45) is 0. The molecule has 78 valence electrons. The van der Waals surface area contributed by atoms with Gasteiger partial charge in [0.25, 0.3) is 0 Å². The zero-order chi connectivity index (χ0) is 11.1. The van der Waals surface area contributed by atoms with Crippen LogP contribution >= 0.6 is 23.2 Å². The van der Waals surface area contributed by atoms with E-state index < -0.39 is 0 Å². The van der Waals surface area contributed by atoms with Crippen LogP contribution in [0.3, 0.4) is 0 Å². The smallest absolute Gasteiger partial charge is 0.0412 e. The summed E-state index contributed by atoms with van der Waals surface area (Å²) in [7, 11) is 0. The molecule has 0 atom stereocenters. The van der Waals surface area contributed by atoms with Crippen LogP contribution in [-0.2, 0) is 0 Å². The third-order valence-corrected chi connectivity index (χ3v) is 3.23. The van der Waals surface area contributed by atoms with Crippen molar-refractivity contribution in [2.24, 2.45) is 0 Å². The topological polar surface area (TPSA) is 0 Å². The number of benzene rings is 3. The minimum atomic E-state index is 0.750. The number of fused-ring (bicyclic) bond motifs is 3. The number of halogens is 2. The van der Waals surface area contributed by atoms with Gasteiger partial charge in [0.05, 0.1) is 0 Å². The lowest BCUT2D eigenvalue weighted by molar-refractivity contribution is 1.76. The van der Waals surface area contributed by atoms with Gasteiger partial charge >= 0.3 is 0 Å². The molecule has 3 aromatic rings. The van der Waals surface area contributed by atoms with Gasteiger partial charge in [0.15, 0.2) is 0 Å². The molecule has 0 amide bonds. The van der Waals surface area contributed by atoms with E-state index in [2.05, 4.69) is 12.1 Å². The van der Waals surface area contributed by atoms with Crippen molar-refractivity contribution in [3.8, 4) is 0 Å². The Labute approximate surface area is 103 Å². The van der Waals surface area contributed by atoms with Crippen molar-refractivity contribution < 1.29 is 0 Å². The summed E-state index contributed by atoms with van der Waals surface area (Å²) in [5, 5.41) is 6.15. The molecule has 0 radical (unpaired) electrons. The molecule has 0 saturated heterocycles.